The van der Waals surface area contributed by atoms with Gasteiger partial charge < -0.3 is 9.47 Å². The summed E-state index contributed by atoms with van der Waals surface area (Å²) in [5, 5.41) is 0. The molecule has 0 aliphatic carbocycles. The summed E-state index contributed by atoms with van der Waals surface area (Å²) in [7, 11) is 0. The molecule has 0 aliphatic heterocycles. The quantitative estimate of drug-likeness (QED) is 0.135. The zero-order valence-electron chi connectivity index (χ0n) is 21.5. The molecule has 182 valence electrons. The summed E-state index contributed by atoms with van der Waals surface area (Å²) >= 11 is 0. The lowest BCUT2D eigenvalue weighted by Gasteiger charge is -2.18. The zero-order chi connectivity index (χ0) is 22.1. The Labute approximate surface area is 191 Å². The van der Waals surface area contributed by atoms with Gasteiger partial charge in [0.25, 0.3) is 0 Å². The molecule has 2 atom stereocenters. The summed E-state index contributed by atoms with van der Waals surface area (Å²) in [5.74, 6) is 1.56. The molecule has 0 aliphatic rings. The maximum Gasteiger partial charge on any atom is 0.0494 e. The first-order chi connectivity index (χ1) is 14.8. The Morgan fingerprint density at radius 2 is 0.767 bits per heavy atom. The summed E-state index contributed by atoms with van der Waals surface area (Å²) < 4.78 is 12.1. The first-order valence-electron chi connectivity index (χ1n) is 13.9. The van der Waals surface area contributed by atoms with E-state index in [2.05, 4.69) is 27.7 Å². The fourth-order valence-corrected chi connectivity index (χ4v) is 4.24. The van der Waals surface area contributed by atoms with Gasteiger partial charge in [0.1, 0.15) is 0 Å². The first-order valence-corrected chi connectivity index (χ1v) is 13.9. The van der Waals surface area contributed by atoms with Gasteiger partial charge >= 0.3 is 0 Å². The fraction of sp³-hybridized carbons (Fsp3) is 1.00. The molecule has 2 unspecified atom stereocenters. The molecule has 0 bridgehead atoms. The molecule has 0 aromatic heterocycles. The molecule has 0 amide bonds. The van der Waals surface area contributed by atoms with Crippen LogP contribution in [-0.2, 0) is 9.47 Å². The van der Waals surface area contributed by atoms with Gasteiger partial charge in [-0.15, -0.1) is 0 Å². The Balaban J connectivity index is 3.76. The minimum Gasteiger partial charge on any atom is -0.381 e. The maximum absolute atomic E-state index is 6.05. The Hall–Kier alpha value is -0.0800. The molecular weight excluding hydrogens is 368 g/mol. The largest absolute Gasteiger partial charge is 0.381 e. The van der Waals surface area contributed by atoms with Crippen LogP contribution in [0.25, 0.3) is 0 Å². The molecule has 0 heterocycles. The van der Waals surface area contributed by atoms with E-state index in [1.807, 2.05) is 0 Å². The topological polar surface area (TPSA) is 18.5 Å². The summed E-state index contributed by atoms with van der Waals surface area (Å²) in [4.78, 5) is 0. The van der Waals surface area contributed by atoms with Crippen LogP contribution in [0.3, 0.4) is 0 Å². The maximum atomic E-state index is 6.05. The minimum atomic E-state index is 0.782. The van der Waals surface area contributed by atoms with E-state index >= 15 is 0 Å². The number of ether oxygens (including phenoxy) is 2. The van der Waals surface area contributed by atoms with Gasteiger partial charge in [0.05, 0.1) is 0 Å². The van der Waals surface area contributed by atoms with Crippen LogP contribution >= 0.6 is 0 Å². The van der Waals surface area contributed by atoms with Crippen molar-refractivity contribution in [2.45, 2.75) is 143 Å². The third-order valence-electron chi connectivity index (χ3n) is 6.40. The molecule has 0 spiro atoms. The molecular formula is C28H58O2. The van der Waals surface area contributed by atoms with Gasteiger partial charge in [-0.1, -0.05) is 105 Å². The average Bonchev–Trinajstić information content (AvgIpc) is 2.76. The van der Waals surface area contributed by atoms with Crippen LogP contribution in [0.15, 0.2) is 0 Å². The average molecular weight is 427 g/mol. The highest BCUT2D eigenvalue weighted by Crippen LogP contribution is 2.19. The minimum absolute atomic E-state index is 0.782. The SMILES string of the molecule is CCCCCCC(CCCC)COCCCCOCC(CCCC)CCCCCC. The first kappa shape index (κ1) is 29.9. The van der Waals surface area contributed by atoms with E-state index in [1.165, 1.54) is 103 Å². The van der Waals surface area contributed by atoms with Gasteiger partial charge in [0.15, 0.2) is 0 Å². The highest BCUT2D eigenvalue weighted by Gasteiger charge is 2.10. The number of hydrogen-bond donors (Lipinski definition) is 0. The standard InChI is InChI=1S/C28H58O2/c1-5-9-13-15-21-27(19-11-7-3)25-29-23-17-18-24-30-26-28(20-12-8-4)22-16-14-10-6-2/h27-28H,5-26H2,1-4H3. The molecule has 2 heteroatoms. The lowest BCUT2D eigenvalue weighted by atomic mass is 9.96. The molecule has 0 fully saturated rings. The van der Waals surface area contributed by atoms with Crippen molar-refractivity contribution in [3.63, 3.8) is 0 Å². The van der Waals surface area contributed by atoms with E-state index in [0.717, 1.165) is 51.1 Å². The molecule has 0 aromatic rings. The smallest absolute Gasteiger partial charge is 0.0494 e. The molecule has 0 saturated carbocycles. The van der Waals surface area contributed by atoms with Crippen molar-refractivity contribution in [2.24, 2.45) is 11.8 Å². The fourth-order valence-electron chi connectivity index (χ4n) is 4.24. The van der Waals surface area contributed by atoms with Crippen LogP contribution in [-0.4, -0.2) is 26.4 Å². The second kappa shape index (κ2) is 25.2. The van der Waals surface area contributed by atoms with Gasteiger partial charge in [-0.05, 0) is 50.4 Å². The molecule has 0 aromatic carbocycles. The van der Waals surface area contributed by atoms with Crippen LogP contribution < -0.4 is 0 Å². The second-order valence-corrected chi connectivity index (χ2v) is 9.57. The second-order valence-electron chi connectivity index (χ2n) is 9.57. The van der Waals surface area contributed by atoms with E-state index in [1.54, 1.807) is 0 Å². The Kier molecular flexibility index (Phi) is 25.1. The summed E-state index contributed by atoms with van der Waals surface area (Å²) in [6, 6.07) is 0. The molecule has 2 nitrogen and oxygen atoms in total. The Morgan fingerprint density at radius 3 is 1.13 bits per heavy atom. The Morgan fingerprint density at radius 1 is 0.400 bits per heavy atom. The monoisotopic (exact) mass is 426 g/mol. The van der Waals surface area contributed by atoms with E-state index in [-0.39, 0.29) is 0 Å². The lowest BCUT2D eigenvalue weighted by Crippen LogP contribution is -2.12. The van der Waals surface area contributed by atoms with Crippen LogP contribution in [0.1, 0.15) is 143 Å². The Bertz CT molecular complexity index is 275. The van der Waals surface area contributed by atoms with E-state index in [9.17, 15) is 0 Å². The van der Waals surface area contributed by atoms with E-state index in [0.29, 0.717) is 0 Å². The van der Waals surface area contributed by atoms with E-state index in [4.69, 9.17) is 9.47 Å². The summed E-state index contributed by atoms with van der Waals surface area (Å²) in [5.41, 5.74) is 0. The van der Waals surface area contributed by atoms with Gasteiger partial charge in [-0.3, -0.25) is 0 Å². The third-order valence-corrected chi connectivity index (χ3v) is 6.40. The number of rotatable bonds is 25. The van der Waals surface area contributed by atoms with Crippen LogP contribution in [0.2, 0.25) is 0 Å². The van der Waals surface area contributed by atoms with Crippen molar-refractivity contribution >= 4 is 0 Å². The molecule has 30 heavy (non-hydrogen) atoms. The van der Waals surface area contributed by atoms with Gasteiger partial charge in [-0.2, -0.15) is 0 Å². The van der Waals surface area contributed by atoms with Gasteiger partial charge in [0.2, 0.25) is 0 Å². The highest BCUT2D eigenvalue weighted by atomic mass is 16.5. The van der Waals surface area contributed by atoms with Crippen LogP contribution in [0.4, 0.5) is 0 Å². The van der Waals surface area contributed by atoms with Gasteiger partial charge in [0, 0.05) is 26.4 Å². The molecule has 0 N–H and O–H groups in total. The van der Waals surface area contributed by atoms with Crippen molar-refractivity contribution in [1.29, 1.82) is 0 Å². The molecule has 0 radical (unpaired) electrons. The highest BCUT2D eigenvalue weighted by molar-refractivity contribution is 4.61. The summed E-state index contributed by atoms with van der Waals surface area (Å²) in [6.07, 6.45) is 24.0. The predicted molar refractivity (Wildman–Crippen MR) is 134 cm³/mol. The van der Waals surface area contributed by atoms with Crippen molar-refractivity contribution in [2.75, 3.05) is 26.4 Å². The van der Waals surface area contributed by atoms with Crippen molar-refractivity contribution in [1.82, 2.24) is 0 Å². The number of unbranched alkanes of at least 4 members (excludes halogenated alkanes) is 9. The lowest BCUT2D eigenvalue weighted by molar-refractivity contribution is 0.0663. The van der Waals surface area contributed by atoms with Crippen LogP contribution in [0, 0.1) is 11.8 Å². The normalized spacial score (nSPS) is 13.6. The van der Waals surface area contributed by atoms with Crippen LogP contribution in [0.5, 0.6) is 0 Å². The predicted octanol–water partition coefficient (Wildman–Crippen LogP) is 9.35. The molecule has 0 saturated heterocycles. The van der Waals surface area contributed by atoms with E-state index < -0.39 is 0 Å². The van der Waals surface area contributed by atoms with Crippen molar-refractivity contribution in [3.05, 3.63) is 0 Å². The van der Waals surface area contributed by atoms with Gasteiger partial charge in [-0.25, -0.2) is 0 Å². The summed E-state index contributed by atoms with van der Waals surface area (Å²) in [6.45, 7) is 13.0. The van der Waals surface area contributed by atoms with Crippen molar-refractivity contribution in [3.8, 4) is 0 Å². The van der Waals surface area contributed by atoms with Crippen molar-refractivity contribution < 1.29 is 9.47 Å². The molecule has 0 rings (SSSR count). The number of hydrogen-bond acceptors (Lipinski definition) is 2. The third kappa shape index (κ3) is 21.2. The zero-order valence-corrected chi connectivity index (χ0v) is 21.5.